The number of nitrogens with zero attached hydrogens (tertiary/aromatic N) is 5. The number of nitro groups is 1. The Labute approximate surface area is 248 Å². The topological polar surface area (TPSA) is 250 Å². The molecule has 0 aliphatic carbocycles. The van der Waals surface area contributed by atoms with E-state index >= 15 is 0 Å². The molecule has 2 aromatic heterocycles. The van der Waals surface area contributed by atoms with E-state index in [9.17, 15) is 49.4 Å². The first kappa shape index (κ1) is 29.7. The third-order valence-corrected chi connectivity index (χ3v) is 9.23. The predicted octanol–water partition coefficient (Wildman–Crippen LogP) is 0.124. The number of aliphatic hydroxyl groups excluding tert-OH is 1. The highest BCUT2D eigenvalue weighted by Crippen LogP contribution is 2.44. The monoisotopic (exact) mass is 631 g/mol. The highest BCUT2D eigenvalue weighted by atomic mass is 32.2. The Kier molecular flexibility index (Phi) is 8.20. The molecule has 2 aliphatic heterocycles. The van der Waals surface area contributed by atoms with Crippen LogP contribution in [-0.2, 0) is 19.2 Å². The summed E-state index contributed by atoms with van der Waals surface area (Å²) in [6.07, 6.45) is -2.17. The van der Waals surface area contributed by atoms with Crippen LogP contribution in [0.5, 0.6) is 0 Å². The minimum Gasteiger partial charge on any atom is -0.481 e. The van der Waals surface area contributed by atoms with Crippen molar-refractivity contribution in [1.82, 2.24) is 30.0 Å². The molecule has 19 heteroatoms. The molecule has 43 heavy (non-hydrogen) atoms. The molecule has 5 N–H and O–H groups in total. The van der Waals surface area contributed by atoms with E-state index in [0.29, 0.717) is 0 Å². The first-order valence-corrected chi connectivity index (χ1v) is 14.4. The molecule has 1 fully saturated rings. The Morgan fingerprint density at radius 3 is 2.70 bits per heavy atom. The van der Waals surface area contributed by atoms with Crippen LogP contribution < -0.4 is 11.0 Å². The maximum atomic E-state index is 13.2. The van der Waals surface area contributed by atoms with E-state index in [4.69, 9.17) is 0 Å². The van der Waals surface area contributed by atoms with Crippen LogP contribution in [-0.4, -0.2) is 91.1 Å². The number of carboxylic acid groups (broad SMARTS) is 2. The number of carboxylic acids is 2. The van der Waals surface area contributed by atoms with Crippen molar-refractivity contribution in [2.24, 2.45) is 0 Å². The number of benzene rings is 1. The Morgan fingerprint density at radius 1 is 1.23 bits per heavy atom. The van der Waals surface area contributed by atoms with E-state index in [-0.39, 0.29) is 51.8 Å². The van der Waals surface area contributed by atoms with Gasteiger partial charge < -0.3 is 20.6 Å². The molecule has 17 nitrogen and oxygen atoms in total. The van der Waals surface area contributed by atoms with Gasteiger partial charge in [0.2, 0.25) is 0 Å². The van der Waals surface area contributed by atoms with Crippen LogP contribution in [0.15, 0.2) is 57.5 Å². The first-order valence-electron chi connectivity index (χ1n) is 12.4. The zero-order valence-corrected chi connectivity index (χ0v) is 23.3. The largest absolute Gasteiger partial charge is 0.481 e. The summed E-state index contributed by atoms with van der Waals surface area (Å²) in [6.45, 7) is 0. The van der Waals surface area contributed by atoms with Gasteiger partial charge >= 0.3 is 17.6 Å². The van der Waals surface area contributed by atoms with Crippen LogP contribution in [0.1, 0.15) is 24.5 Å². The lowest BCUT2D eigenvalue weighted by Gasteiger charge is -2.50. The molecule has 1 aromatic carbocycles. The number of carbonyl (C=O) groups excluding carboxylic acids is 2. The molecule has 224 valence electrons. The van der Waals surface area contributed by atoms with Crippen molar-refractivity contribution in [3.63, 3.8) is 0 Å². The molecular weight excluding hydrogens is 610 g/mol. The number of nitro benzene ring substituents is 1. The second-order valence-electron chi connectivity index (χ2n) is 9.34. The summed E-state index contributed by atoms with van der Waals surface area (Å²) in [6, 6.07) is 6.67. The fourth-order valence-corrected chi connectivity index (χ4v) is 7.30. The second kappa shape index (κ2) is 11.9. The van der Waals surface area contributed by atoms with Gasteiger partial charge in [0.05, 0.1) is 4.92 Å². The lowest BCUT2D eigenvalue weighted by molar-refractivity contribution is -0.385. The summed E-state index contributed by atoms with van der Waals surface area (Å²) >= 11 is 2.17. The zero-order chi connectivity index (χ0) is 31.0. The zero-order valence-electron chi connectivity index (χ0n) is 21.6. The number of nitrogens with one attached hydrogen (secondary N) is 2. The van der Waals surface area contributed by atoms with Crippen LogP contribution in [0.25, 0.3) is 5.65 Å². The number of hydrogen-bond donors (Lipinski definition) is 5. The summed E-state index contributed by atoms with van der Waals surface area (Å²) < 4.78 is 1.00. The fourth-order valence-electron chi connectivity index (χ4n) is 4.64. The predicted molar refractivity (Wildman–Crippen MR) is 148 cm³/mol. The molecule has 0 bridgehead atoms. The van der Waals surface area contributed by atoms with Gasteiger partial charge in [0.1, 0.15) is 22.1 Å². The van der Waals surface area contributed by atoms with E-state index in [1.807, 2.05) is 0 Å². The quantitative estimate of drug-likeness (QED) is 0.0816. The summed E-state index contributed by atoms with van der Waals surface area (Å²) in [5, 5.41) is 52.2. The number of β-lactam (4-membered cyclic amide) rings is 1. The van der Waals surface area contributed by atoms with Gasteiger partial charge in [-0.25, -0.2) is 14.7 Å². The van der Waals surface area contributed by atoms with Crippen molar-refractivity contribution in [2.45, 2.75) is 40.6 Å². The van der Waals surface area contributed by atoms with Crippen LogP contribution in [0, 0.1) is 10.1 Å². The fraction of sp³-hybridized carbons (Fsp3) is 0.292. The summed E-state index contributed by atoms with van der Waals surface area (Å²) in [5.74, 6) is -4.27. The number of H-pyrrole nitrogens is 1. The van der Waals surface area contributed by atoms with Crippen molar-refractivity contribution in [1.29, 1.82) is 0 Å². The minimum absolute atomic E-state index is 0.0189. The SMILES string of the molecule is O=C(O)CCC(Sc1ccc2n[nH]c(=O)n2n1)C1=C(C(=O)O)N2C(=O)C(NC(=O)C(O)c3cccc([N+](=O)[O-])c3)[C@@H]2SC1. The molecule has 4 atom stereocenters. The third kappa shape index (κ3) is 5.81. The Morgan fingerprint density at radius 2 is 2.00 bits per heavy atom. The van der Waals surface area contributed by atoms with E-state index < -0.39 is 57.1 Å². The van der Waals surface area contributed by atoms with E-state index in [2.05, 4.69) is 20.6 Å². The number of thioether (sulfide) groups is 2. The van der Waals surface area contributed by atoms with Gasteiger partial charge in [-0.05, 0) is 29.7 Å². The Bertz CT molecular complexity index is 1760. The molecule has 4 heterocycles. The average molecular weight is 632 g/mol. The smallest absolute Gasteiger partial charge is 0.364 e. The van der Waals surface area contributed by atoms with Crippen molar-refractivity contribution in [3.8, 4) is 0 Å². The number of rotatable bonds is 11. The number of hydrogen-bond acceptors (Lipinski definition) is 12. The molecule has 3 aromatic rings. The number of non-ortho nitro benzene ring substituents is 1. The van der Waals surface area contributed by atoms with Crippen molar-refractivity contribution < 1.29 is 39.4 Å². The summed E-state index contributed by atoms with van der Waals surface area (Å²) in [5.41, 5.74) is -0.866. The highest BCUT2D eigenvalue weighted by Gasteiger charge is 2.55. The van der Waals surface area contributed by atoms with Crippen molar-refractivity contribution in [2.75, 3.05) is 5.75 Å². The maximum absolute atomic E-state index is 13.2. The number of aliphatic carboxylic acids is 2. The number of aliphatic hydroxyl groups is 1. The molecule has 0 spiro atoms. The normalized spacial score (nSPS) is 19.4. The molecule has 1 saturated heterocycles. The number of aromatic amines is 1. The third-order valence-electron chi connectivity index (χ3n) is 6.66. The Balaban J connectivity index is 1.38. The maximum Gasteiger partial charge on any atom is 0.364 e. The highest BCUT2D eigenvalue weighted by molar-refractivity contribution is 8.01. The molecule has 2 amide bonds. The summed E-state index contributed by atoms with van der Waals surface area (Å²) in [7, 11) is 0. The summed E-state index contributed by atoms with van der Waals surface area (Å²) in [4.78, 5) is 73.1. The number of amides is 2. The molecule has 5 rings (SSSR count). The van der Waals surface area contributed by atoms with Crippen LogP contribution in [0.3, 0.4) is 0 Å². The van der Waals surface area contributed by atoms with Crippen molar-refractivity contribution in [3.05, 3.63) is 73.8 Å². The van der Waals surface area contributed by atoms with Gasteiger partial charge in [0.15, 0.2) is 11.8 Å². The van der Waals surface area contributed by atoms with Crippen LogP contribution in [0.4, 0.5) is 5.69 Å². The number of carbonyl (C=O) groups is 4. The molecule has 3 unspecified atom stereocenters. The molecular formula is C24H21N7O10S2. The van der Waals surface area contributed by atoms with Gasteiger partial charge in [-0.15, -0.1) is 11.8 Å². The molecule has 0 saturated carbocycles. The van der Waals surface area contributed by atoms with E-state index in [0.717, 1.165) is 39.0 Å². The van der Waals surface area contributed by atoms with Crippen LogP contribution in [0.2, 0.25) is 0 Å². The number of fused-ring (bicyclic) bond motifs is 2. The van der Waals surface area contributed by atoms with E-state index in [1.54, 1.807) is 6.07 Å². The average Bonchev–Trinajstić information content (AvgIpc) is 3.36. The van der Waals surface area contributed by atoms with Gasteiger partial charge in [0.25, 0.3) is 17.5 Å². The van der Waals surface area contributed by atoms with Gasteiger partial charge in [0, 0.05) is 29.6 Å². The number of aromatic nitrogens is 4. The van der Waals surface area contributed by atoms with Crippen LogP contribution >= 0.6 is 23.5 Å². The second-order valence-corrected chi connectivity index (χ2v) is 11.7. The lowest BCUT2D eigenvalue weighted by Crippen LogP contribution is -2.71. The van der Waals surface area contributed by atoms with Gasteiger partial charge in [-0.3, -0.25) is 29.4 Å². The minimum atomic E-state index is -1.83. The standard InChI is InChI=1S/C24H21N7O10S2/c32-16(33)7-4-13(43-15-6-5-14-26-27-24(39)30(14)28-15)12-9-42-22-17(21(36)29(22)18(12)23(37)38)25-20(35)19(34)10-2-1-3-11(8-10)31(40)41/h1-3,5-6,8,13,17,19,22,34H,4,7,9H2,(H,25,35)(H,27,39)(H,32,33)(H,37,38)/t13?,17?,19?,22-/m0/s1. The van der Waals surface area contributed by atoms with Gasteiger partial charge in [-0.1, -0.05) is 23.9 Å². The van der Waals surface area contributed by atoms with Crippen molar-refractivity contribution >= 4 is 58.6 Å². The molecule has 2 aliphatic rings. The molecule has 0 radical (unpaired) electrons. The first-order chi connectivity index (χ1) is 20.5. The van der Waals surface area contributed by atoms with E-state index in [1.165, 1.54) is 24.3 Å². The Hall–Kier alpha value is -4.75. The lowest BCUT2D eigenvalue weighted by atomic mass is 9.99. The van der Waals surface area contributed by atoms with Gasteiger partial charge in [-0.2, -0.15) is 14.7 Å².